The van der Waals surface area contributed by atoms with Gasteiger partial charge in [-0.05, 0) is 54.1 Å². The number of morpholine rings is 1. The normalized spacial score (nSPS) is 13.8. The maximum Gasteiger partial charge on any atom is 0.282 e. The Labute approximate surface area is 239 Å². The van der Waals surface area contributed by atoms with Crippen molar-refractivity contribution in [1.29, 1.82) is 0 Å². The summed E-state index contributed by atoms with van der Waals surface area (Å²) in [5, 5.41) is 5.94. The highest BCUT2D eigenvalue weighted by Crippen LogP contribution is 2.33. The van der Waals surface area contributed by atoms with Crippen molar-refractivity contribution in [3.05, 3.63) is 87.7 Å². The second-order valence-electron chi connectivity index (χ2n) is 9.27. The van der Waals surface area contributed by atoms with Gasteiger partial charge in [0.1, 0.15) is 17.1 Å². The third-order valence-electron chi connectivity index (χ3n) is 6.71. The van der Waals surface area contributed by atoms with Crippen molar-refractivity contribution in [2.75, 3.05) is 40.0 Å². The molecule has 5 aromatic rings. The second-order valence-corrected chi connectivity index (χ2v) is 9.68. The predicted octanol–water partition coefficient (Wildman–Crippen LogP) is 4.59. The maximum atomic E-state index is 13.5. The molecule has 0 spiro atoms. The first-order valence-corrected chi connectivity index (χ1v) is 13.3. The molecule has 0 unspecified atom stereocenters. The lowest BCUT2D eigenvalue weighted by Crippen LogP contribution is -2.43. The van der Waals surface area contributed by atoms with Gasteiger partial charge in [-0.2, -0.15) is 9.78 Å². The van der Waals surface area contributed by atoms with Crippen molar-refractivity contribution in [2.24, 2.45) is 5.10 Å². The molecule has 11 heteroatoms. The van der Waals surface area contributed by atoms with Crippen LogP contribution in [0.5, 0.6) is 11.5 Å². The summed E-state index contributed by atoms with van der Waals surface area (Å²) in [5.74, 6) is 1.46. The fourth-order valence-electron chi connectivity index (χ4n) is 4.60. The van der Waals surface area contributed by atoms with E-state index in [0.29, 0.717) is 70.6 Å². The monoisotopic (exact) mass is 572 g/mol. The topological polar surface area (TPSA) is 108 Å². The van der Waals surface area contributed by atoms with Gasteiger partial charge in [0.15, 0.2) is 12.4 Å². The van der Waals surface area contributed by atoms with Crippen molar-refractivity contribution >= 4 is 45.6 Å². The van der Waals surface area contributed by atoms with Crippen LogP contribution in [0.1, 0.15) is 5.56 Å². The molecule has 41 heavy (non-hydrogen) atoms. The van der Waals surface area contributed by atoms with Gasteiger partial charge in [-0.25, -0.2) is 4.98 Å². The molecule has 2 aromatic heterocycles. The summed E-state index contributed by atoms with van der Waals surface area (Å²) in [6, 6.07) is 19.3. The molecule has 1 fully saturated rings. The Hall–Kier alpha value is -4.67. The van der Waals surface area contributed by atoms with Gasteiger partial charge in [-0.15, -0.1) is 0 Å². The fourth-order valence-corrected chi connectivity index (χ4v) is 4.84. The SMILES string of the molecule is COc1cccc2oc(-c3nc4ccccc4c(=O)n3N=Cc3ccc(OCC(=O)N4CCOCC4)c(Cl)c3)cc12. The van der Waals surface area contributed by atoms with E-state index in [0.717, 1.165) is 5.39 Å². The van der Waals surface area contributed by atoms with Gasteiger partial charge in [0, 0.05) is 13.1 Å². The van der Waals surface area contributed by atoms with Crippen LogP contribution in [0.25, 0.3) is 33.5 Å². The molecule has 0 aliphatic carbocycles. The number of ether oxygens (including phenoxy) is 3. The van der Waals surface area contributed by atoms with Crippen molar-refractivity contribution in [3.8, 4) is 23.1 Å². The summed E-state index contributed by atoms with van der Waals surface area (Å²) < 4.78 is 23.7. The third kappa shape index (κ3) is 5.39. The highest BCUT2D eigenvalue weighted by Gasteiger charge is 2.19. The van der Waals surface area contributed by atoms with Gasteiger partial charge in [0.05, 0.1) is 47.8 Å². The number of benzene rings is 3. The summed E-state index contributed by atoms with van der Waals surface area (Å²) in [7, 11) is 1.58. The van der Waals surface area contributed by atoms with E-state index in [1.165, 1.54) is 10.9 Å². The second kappa shape index (κ2) is 11.4. The van der Waals surface area contributed by atoms with Crippen molar-refractivity contribution in [2.45, 2.75) is 0 Å². The number of furan rings is 1. The van der Waals surface area contributed by atoms with E-state index in [1.54, 1.807) is 54.5 Å². The summed E-state index contributed by atoms with van der Waals surface area (Å²) in [4.78, 5) is 32.3. The van der Waals surface area contributed by atoms with Gasteiger partial charge in [0.2, 0.25) is 5.82 Å². The average Bonchev–Trinajstić information content (AvgIpc) is 3.45. The van der Waals surface area contributed by atoms with Gasteiger partial charge >= 0.3 is 0 Å². The van der Waals surface area contributed by atoms with E-state index in [1.807, 2.05) is 24.3 Å². The summed E-state index contributed by atoms with van der Waals surface area (Å²) in [6.07, 6.45) is 1.50. The van der Waals surface area contributed by atoms with Crippen molar-refractivity contribution < 1.29 is 23.4 Å². The minimum absolute atomic E-state index is 0.128. The van der Waals surface area contributed by atoms with Crippen LogP contribution in [0, 0.1) is 0 Å². The number of rotatable bonds is 7. The zero-order valence-corrected chi connectivity index (χ0v) is 22.8. The molecule has 0 atom stereocenters. The molecule has 1 amide bonds. The lowest BCUT2D eigenvalue weighted by Gasteiger charge is -2.26. The number of halogens is 1. The lowest BCUT2D eigenvalue weighted by atomic mass is 10.2. The number of carbonyl (C=O) groups excluding carboxylic acids is 1. The molecule has 0 radical (unpaired) electrons. The molecule has 3 heterocycles. The molecule has 1 aliphatic heterocycles. The zero-order valence-electron chi connectivity index (χ0n) is 22.1. The Morgan fingerprint density at radius 1 is 1.05 bits per heavy atom. The summed E-state index contributed by atoms with van der Waals surface area (Å²) in [5.41, 5.74) is 1.36. The predicted molar refractivity (Wildman–Crippen MR) is 155 cm³/mol. The number of fused-ring (bicyclic) bond motifs is 2. The van der Waals surface area contributed by atoms with Gasteiger partial charge in [-0.1, -0.05) is 29.8 Å². The number of hydrogen-bond donors (Lipinski definition) is 0. The number of methoxy groups -OCH3 is 1. The van der Waals surface area contributed by atoms with Gasteiger partial charge in [-0.3, -0.25) is 9.59 Å². The fraction of sp³-hybridized carbons (Fsp3) is 0.200. The largest absolute Gasteiger partial charge is 0.496 e. The minimum atomic E-state index is -0.359. The highest BCUT2D eigenvalue weighted by molar-refractivity contribution is 6.32. The zero-order chi connectivity index (χ0) is 28.3. The van der Waals surface area contributed by atoms with Crippen LogP contribution >= 0.6 is 11.6 Å². The van der Waals surface area contributed by atoms with Crippen LogP contribution in [0.2, 0.25) is 5.02 Å². The van der Waals surface area contributed by atoms with E-state index in [9.17, 15) is 9.59 Å². The van der Waals surface area contributed by atoms with Crippen LogP contribution in [-0.2, 0) is 9.53 Å². The van der Waals surface area contributed by atoms with Crippen molar-refractivity contribution in [3.63, 3.8) is 0 Å². The number of para-hydroxylation sites is 1. The first-order valence-electron chi connectivity index (χ1n) is 12.9. The molecule has 0 N–H and O–H groups in total. The molecule has 3 aromatic carbocycles. The Morgan fingerprint density at radius 2 is 1.88 bits per heavy atom. The molecular weight excluding hydrogens is 548 g/mol. The highest BCUT2D eigenvalue weighted by atomic mass is 35.5. The standard InChI is InChI=1S/C30H25ClN4O6/c1-38-24-7-4-8-25-21(24)16-27(41-25)29-33-23-6-3-2-5-20(23)30(37)35(29)32-17-19-9-10-26(22(31)15-19)40-18-28(36)34-11-13-39-14-12-34/h2-10,15-17H,11-14,18H2,1H3. The Morgan fingerprint density at radius 3 is 2.68 bits per heavy atom. The number of hydrogen-bond acceptors (Lipinski definition) is 8. The quantitative estimate of drug-likeness (QED) is 0.262. The minimum Gasteiger partial charge on any atom is -0.496 e. The van der Waals surface area contributed by atoms with Crippen LogP contribution in [-0.4, -0.2) is 66.7 Å². The van der Waals surface area contributed by atoms with Crippen LogP contribution < -0.4 is 15.0 Å². The third-order valence-corrected chi connectivity index (χ3v) is 7.00. The van der Waals surface area contributed by atoms with E-state index in [-0.39, 0.29) is 23.9 Å². The molecule has 1 aliphatic rings. The number of aromatic nitrogens is 2. The molecular formula is C30H25ClN4O6. The molecule has 10 nitrogen and oxygen atoms in total. The Balaban J connectivity index is 1.31. The van der Waals surface area contributed by atoms with E-state index < -0.39 is 0 Å². The smallest absolute Gasteiger partial charge is 0.282 e. The van der Waals surface area contributed by atoms with E-state index in [2.05, 4.69) is 5.10 Å². The first kappa shape index (κ1) is 26.5. The van der Waals surface area contributed by atoms with Gasteiger partial charge in [0.25, 0.3) is 11.5 Å². The lowest BCUT2D eigenvalue weighted by molar-refractivity contribution is -0.137. The number of carbonyl (C=O) groups is 1. The van der Waals surface area contributed by atoms with E-state index in [4.69, 9.17) is 35.2 Å². The van der Waals surface area contributed by atoms with E-state index >= 15 is 0 Å². The van der Waals surface area contributed by atoms with Crippen LogP contribution in [0.3, 0.4) is 0 Å². The molecule has 0 bridgehead atoms. The number of nitrogens with zero attached hydrogens (tertiary/aromatic N) is 4. The Bertz CT molecular complexity index is 1840. The summed E-state index contributed by atoms with van der Waals surface area (Å²) in [6.45, 7) is 1.98. The summed E-state index contributed by atoms with van der Waals surface area (Å²) >= 11 is 6.45. The molecule has 1 saturated heterocycles. The average molecular weight is 573 g/mol. The first-order chi connectivity index (χ1) is 20.0. The van der Waals surface area contributed by atoms with Crippen LogP contribution in [0.15, 0.2) is 81.0 Å². The molecule has 6 rings (SSSR count). The number of amides is 1. The maximum absolute atomic E-state index is 13.5. The Kier molecular flexibility index (Phi) is 7.41. The van der Waals surface area contributed by atoms with Crippen molar-refractivity contribution in [1.82, 2.24) is 14.6 Å². The van der Waals surface area contributed by atoms with Crippen LogP contribution in [0.4, 0.5) is 0 Å². The van der Waals surface area contributed by atoms with Gasteiger partial charge < -0.3 is 23.5 Å². The molecule has 0 saturated carbocycles. The molecule has 208 valence electrons.